The second-order valence-electron chi connectivity index (χ2n) is 4.16. The molecule has 118 valence electrons. The molecule has 0 fully saturated rings. The molecule has 0 atom stereocenters. The van der Waals surface area contributed by atoms with Crippen molar-refractivity contribution < 1.29 is 17.6 Å². The van der Waals surface area contributed by atoms with Crippen LogP contribution in [0.1, 0.15) is 13.3 Å². The lowest BCUT2D eigenvalue weighted by Gasteiger charge is -2.09. The highest BCUT2D eigenvalue weighted by Crippen LogP contribution is 2.19. The smallest absolute Gasteiger partial charge is 0.319 e. The number of anilines is 1. The topological polar surface area (TPSA) is 87.3 Å². The highest BCUT2D eigenvalue weighted by atomic mass is 35.5. The lowest BCUT2D eigenvalue weighted by atomic mass is 10.3. The molecule has 0 radical (unpaired) electrons. The molecule has 1 aromatic carbocycles. The highest BCUT2D eigenvalue weighted by Gasteiger charge is 2.08. The summed E-state index contributed by atoms with van der Waals surface area (Å²) in [6.45, 7) is 2.01. The van der Waals surface area contributed by atoms with Crippen LogP contribution in [0.15, 0.2) is 18.2 Å². The molecule has 9 heteroatoms. The van der Waals surface area contributed by atoms with Crippen LogP contribution in [0.3, 0.4) is 0 Å². The summed E-state index contributed by atoms with van der Waals surface area (Å²) >= 11 is 5.70. The van der Waals surface area contributed by atoms with Crippen LogP contribution in [-0.4, -0.2) is 33.3 Å². The number of hydrogen-bond acceptors (Lipinski definition) is 3. The molecule has 0 aliphatic rings. The van der Waals surface area contributed by atoms with Crippen LogP contribution in [0.4, 0.5) is 14.9 Å². The lowest BCUT2D eigenvalue weighted by molar-refractivity contribution is 0.252. The van der Waals surface area contributed by atoms with Crippen molar-refractivity contribution in [1.29, 1.82) is 0 Å². The molecule has 0 heterocycles. The third-order valence-corrected chi connectivity index (χ3v) is 4.16. The third-order valence-electron chi connectivity index (χ3n) is 2.52. The van der Waals surface area contributed by atoms with Gasteiger partial charge in [0.2, 0.25) is 10.0 Å². The minimum absolute atomic E-state index is 0.00889. The van der Waals surface area contributed by atoms with E-state index in [0.717, 1.165) is 6.07 Å². The van der Waals surface area contributed by atoms with Gasteiger partial charge in [-0.15, -0.1) is 0 Å². The number of rotatable bonds is 7. The maximum Gasteiger partial charge on any atom is 0.319 e. The monoisotopic (exact) mass is 337 g/mol. The van der Waals surface area contributed by atoms with Crippen LogP contribution in [-0.2, 0) is 10.0 Å². The Morgan fingerprint density at radius 3 is 2.71 bits per heavy atom. The van der Waals surface area contributed by atoms with Gasteiger partial charge < -0.3 is 10.6 Å². The Morgan fingerprint density at radius 1 is 1.33 bits per heavy atom. The number of hydrogen-bond donors (Lipinski definition) is 3. The molecule has 0 aliphatic heterocycles. The van der Waals surface area contributed by atoms with Crippen LogP contribution >= 0.6 is 11.6 Å². The summed E-state index contributed by atoms with van der Waals surface area (Å²) in [4.78, 5) is 11.5. The van der Waals surface area contributed by atoms with E-state index in [1.807, 2.05) is 0 Å². The summed E-state index contributed by atoms with van der Waals surface area (Å²) in [5.41, 5.74) is -0.0216. The summed E-state index contributed by atoms with van der Waals surface area (Å²) in [7, 11) is -3.22. The van der Waals surface area contributed by atoms with Crippen molar-refractivity contribution in [2.75, 3.05) is 24.2 Å². The zero-order valence-electron chi connectivity index (χ0n) is 11.4. The largest absolute Gasteiger partial charge is 0.338 e. The molecule has 0 aliphatic carbocycles. The maximum atomic E-state index is 13.4. The molecule has 1 rings (SSSR count). The number of benzene rings is 1. The summed E-state index contributed by atoms with van der Waals surface area (Å²) in [5.74, 6) is -0.583. The van der Waals surface area contributed by atoms with E-state index >= 15 is 0 Å². The average molecular weight is 338 g/mol. The number of sulfonamides is 1. The Bertz CT molecular complexity index is 595. The Morgan fingerprint density at radius 2 is 2.05 bits per heavy atom. The fraction of sp³-hybridized carbons (Fsp3) is 0.417. The number of carbonyl (C=O) groups is 1. The molecule has 21 heavy (non-hydrogen) atoms. The quantitative estimate of drug-likeness (QED) is 0.664. The van der Waals surface area contributed by atoms with Crippen molar-refractivity contribution >= 4 is 33.3 Å². The summed E-state index contributed by atoms with van der Waals surface area (Å²) in [6, 6.07) is 3.23. The van der Waals surface area contributed by atoms with Crippen molar-refractivity contribution in [2.45, 2.75) is 13.3 Å². The van der Waals surface area contributed by atoms with Gasteiger partial charge in [0, 0.05) is 18.1 Å². The van der Waals surface area contributed by atoms with E-state index in [1.54, 1.807) is 0 Å². The van der Waals surface area contributed by atoms with Crippen molar-refractivity contribution in [1.82, 2.24) is 10.0 Å². The van der Waals surface area contributed by atoms with Crippen LogP contribution in [0, 0.1) is 5.82 Å². The predicted molar refractivity (Wildman–Crippen MR) is 80.5 cm³/mol. The van der Waals surface area contributed by atoms with Crippen LogP contribution in [0.2, 0.25) is 5.02 Å². The first-order valence-corrected chi connectivity index (χ1v) is 8.34. The van der Waals surface area contributed by atoms with E-state index in [2.05, 4.69) is 15.4 Å². The van der Waals surface area contributed by atoms with E-state index in [0.29, 0.717) is 11.4 Å². The molecule has 0 spiro atoms. The van der Waals surface area contributed by atoms with Gasteiger partial charge in [0.15, 0.2) is 0 Å². The standard InChI is InChI=1S/C12H17ClFN3O3S/c1-2-21(19,20)16-7-3-6-15-12(18)17-11-8-9(13)4-5-10(11)14/h4-5,8,16H,2-3,6-7H2,1H3,(H2,15,17,18). The van der Waals surface area contributed by atoms with E-state index in [4.69, 9.17) is 11.6 Å². The highest BCUT2D eigenvalue weighted by molar-refractivity contribution is 7.89. The minimum atomic E-state index is -3.22. The van der Waals surface area contributed by atoms with Gasteiger partial charge in [-0.1, -0.05) is 11.6 Å². The first-order chi connectivity index (χ1) is 9.84. The second-order valence-corrected chi connectivity index (χ2v) is 6.69. The molecule has 0 bridgehead atoms. The molecular formula is C12H17ClFN3O3S. The molecule has 6 nitrogen and oxygen atoms in total. The van der Waals surface area contributed by atoms with E-state index < -0.39 is 21.9 Å². The molecule has 2 amide bonds. The number of amides is 2. The van der Waals surface area contributed by atoms with Gasteiger partial charge in [-0.25, -0.2) is 22.3 Å². The van der Waals surface area contributed by atoms with E-state index in [-0.39, 0.29) is 24.5 Å². The van der Waals surface area contributed by atoms with Crippen molar-refractivity contribution in [3.63, 3.8) is 0 Å². The Balaban J connectivity index is 2.30. The van der Waals surface area contributed by atoms with E-state index in [9.17, 15) is 17.6 Å². The average Bonchev–Trinajstić information content (AvgIpc) is 2.42. The molecule has 1 aromatic rings. The van der Waals surface area contributed by atoms with Gasteiger partial charge in [-0.3, -0.25) is 0 Å². The zero-order chi connectivity index (χ0) is 15.9. The predicted octanol–water partition coefficient (Wildman–Crippen LogP) is 1.93. The first kappa shape index (κ1) is 17.7. The van der Waals surface area contributed by atoms with Crippen LogP contribution in [0.25, 0.3) is 0 Å². The van der Waals surface area contributed by atoms with E-state index in [1.165, 1.54) is 19.1 Å². The van der Waals surface area contributed by atoms with Gasteiger partial charge in [0.25, 0.3) is 0 Å². The maximum absolute atomic E-state index is 13.4. The minimum Gasteiger partial charge on any atom is -0.338 e. The Labute approximate surface area is 128 Å². The van der Waals surface area contributed by atoms with Gasteiger partial charge in [-0.2, -0.15) is 0 Å². The SMILES string of the molecule is CCS(=O)(=O)NCCCNC(=O)Nc1cc(Cl)ccc1F. The third kappa shape index (κ3) is 6.74. The van der Waals surface area contributed by atoms with Crippen LogP contribution < -0.4 is 15.4 Å². The number of urea groups is 1. The van der Waals surface area contributed by atoms with Gasteiger partial charge in [0.1, 0.15) is 5.82 Å². The van der Waals surface area contributed by atoms with Crippen molar-refractivity contribution in [3.05, 3.63) is 29.0 Å². The zero-order valence-corrected chi connectivity index (χ0v) is 13.0. The molecule has 0 aromatic heterocycles. The van der Waals surface area contributed by atoms with Gasteiger partial charge in [-0.05, 0) is 31.5 Å². The van der Waals surface area contributed by atoms with Gasteiger partial charge in [0.05, 0.1) is 11.4 Å². The summed E-state index contributed by atoms with van der Waals surface area (Å²) < 4.78 is 38.0. The number of halogens is 2. The summed E-state index contributed by atoms with van der Waals surface area (Å²) in [5, 5.41) is 5.11. The summed E-state index contributed by atoms with van der Waals surface area (Å²) in [6.07, 6.45) is 0.421. The van der Waals surface area contributed by atoms with Crippen molar-refractivity contribution in [2.24, 2.45) is 0 Å². The molecule has 0 saturated heterocycles. The lowest BCUT2D eigenvalue weighted by Crippen LogP contribution is -2.33. The van der Waals surface area contributed by atoms with Crippen LogP contribution in [0.5, 0.6) is 0 Å². The number of carbonyl (C=O) groups excluding carboxylic acids is 1. The molecular weight excluding hydrogens is 321 g/mol. The van der Waals surface area contributed by atoms with Gasteiger partial charge >= 0.3 is 6.03 Å². The second kappa shape index (κ2) is 8.16. The van der Waals surface area contributed by atoms with Crippen molar-refractivity contribution in [3.8, 4) is 0 Å². The molecule has 3 N–H and O–H groups in total. The number of nitrogens with one attached hydrogen (secondary N) is 3. The molecule has 0 unspecified atom stereocenters. The fourth-order valence-corrected chi connectivity index (χ4v) is 2.21. The first-order valence-electron chi connectivity index (χ1n) is 6.31. The Hall–Kier alpha value is -1.38. The Kier molecular flexibility index (Phi) is 6.86. The molecule has 0 saturated carbocycles. The normalized spacial score (nSPS) is 11.2. The fourth-order valence-electron chi connectivity index (χ4n) is 1.38.